The molecule has 5 rings (SSSR count). The van der Waals surface area contributed by atoms with E-state index in [1.165, 1.54) is 11.1 Å². The van der Waals surface area contributed by atoms with Gasteiger partial charge in [-0.25, -0.2) is 0 Å². The van der Waals surface area contributed by atoms with Crippen LogP contribution in [0.5, 0.6) is 5.75 Å². The molecule has 0 aliphatic carbocycles. The fraction of sp³-hybridized carbons (Fsp3) is 0.308. The minimum atomic E-state index is -0.351. The van der Waals surface area contributed by atoms with Crippen LogP contribution in [0.4, 0.5) is 0 Å². The molecular weight excluding hydrogens is 406 g/mol. The first-order valence-corrected chi connectivity index (χ1v) is 11.2. The zero-order valence-corrected chi connectivity index (χ0v) is 19.4. The molecular formula is C26H28ClN3O. The predicted molar refractivity (Wildman–Crippen MR) is 127 cm³/mol. The summed E-state index contributed by atoms with van der Waals surface area (Å²) >= 11 is 6.20. The Labute approximate surface area is 187 Å². The van der Waals surface area contributed by atoms with Crippen molar-refractivity contribution < 1.29 is 5.11 Å². The quantitative estimate of drug-likeness (QED) is 0.325. The first kappa shape index (κ1) is 20.1. The Bertz CT molecular complexity index is 1380. The van der Waals surface area contributed by atoms with Gasteiger partial charge in [0.25, 0.3) is 0 Å². The Morgan fingerprint density at radius 1 is 0.839 bits per heavy atom. The maximum Gasteiger partial charge on any atom is 0.147 e. The maximum atomic E-state index is 11.5. The summed E-state index contributed by atoms with van der Waals surface area (Å²) in [6.07, 6.45) is 1.01. The molecule has 2 heterocycles. The molecule has 0 bridgehead atoms. The van der Waals surface area contributed by atoms with E-state index in [4.69, 9.17) is 11.6 Å². The molecule has 3 aromatic carbocycles. The molecule has 0 saturated carbocycles. The Kier molecular flexibility index (Phi) is 4.26. The molecule has 0 atom stereocenters. The molecule has 0 aliphatic rings. The molecule has 0 aliphatic heterocycles. The van der Waals surface area contributed by atoms with Crippen molar-refractivity contribution in [2.24, 2.45) is 0 Å². The Morgan fingerprint density at radius 3 is 2.19 bits per heavy atom. The molecule has 5 heteroatoms. The molecule has 1 N–H and O–H groups in total. The lowest BCUT2D eigenvalue weighted by Crippen LogP contribution is -2.22. The van der Waals surface area contributed by atoms with Gasteiger partial charge in [0.05, 0.1) is 0 Å². The second-order valence-electron chi connectivity index (χ2n) is 9.62. The van der Waals surface area contributed by atoms with Gasteiger partial charge in [-0.1, -0.05) is 82.6 Å². The first-order chi connectivity index (χ1) is 14.7. The lowest BCUT2D eigenvalue weighted by Gasteiger charge is -2.31. The van der Waals surface area contributed by atoms with Gasteiger partial charge in [0.15, 0.2) is 0 Å². The molecule has 0 saturated heterocycles. The highest BCUT2D eigenvalue weighted by Crippen LogP contribution is 2.44. The number of rotatable bonds is 5. The van der Waals surface area contributed by atoms with E-state index in [2.05, 4.69) is 75.6 Å². The van der Waals surface area contributed by atoms with E-state index in [9.17, 15) is 5.11 Å². The van der Waals surface area contributed by atoms with Gasteiger partial charge in [0.2, 0.25) is 0 Å². The Hall–Kier alpha value is -2.85. The number of hydrogen-bond acceptors (Lipinski definition) is 1. The van der Waals surface area contributed by atoms with Crippen molar-refractivity contribution in [3.63, 3.8) is 0 Å². The van der Waals surface area contributed by atoms with Crippen molar-refractivity contribution in [2.75, 3.05) is 0 Å². The number of phenols is 1. The van der Waals surface area contributed by atoms with E-state index >= 15 is 0 Å². The van der Waals surface area contributed by atoms with Crippen molar-refractivity contribution in [3.8, 4) is 11.4 Å². The van der Waals surface area contributed by atoms with Gasteiger partial charge in [0.1, 0.15) is 22.5 Å². The van der Waals surface area contributed by atoms with Crippen molar-refractivity contribution in [1.29, 1.82) is 0 Å². The minimum absolute atomic E-state index is 0.0140. The third-order valence-electron chi connectivity index (χ3n) is 7.02. The molecule has 0 spiro atoms. The number of hydrogen-bond donors (Lipinski definition) is 1. The summed E-state index contributed by atoms with van der Waals surface area (Å²) in [5.74, 6) is 0.316. The highest BCUT2D eigenvalue weighted by atomic mass is 35.5. The topological polar surface area (TPSA) is 34.0 Å². The van der Waals surface area contributed by atoms with E-state index in [0.717, 1.165) is 28.7 Å². The molecule has 5 aromatic rings. The lowest BCUT2D eigenvalue weighted by atomic mass is 9.74. The fourth-order valence-corrected chi connectivity index (χ4v) is 4.54. The van der Waals surface area contributed by atoms with Crippen LogP contribution >= 0.6 is 11.6 Å². The van der Waals surface area contributed by atoms with Crippen molar-refractivity contribution in [3.05, 3.63) is 82.4 Å². The van der Waals surface area contributed by atoms with Crippen LogP contribution in [-0.2, 0) is 10.8 Å². The summed E-state index contributed by atoms with van der Waals surface area (Å²) in [6, 6.07) is 20.6. The fourth-order valence-electron chi connectivity index (χ4n) is 4.37. The van der Waals surface area contributed by atoms with E-state index in [1.807, 2.05) is 33.7 Å². The predicted octanol–water partition coefficient (Wildman–Crippen LogP) is 6.79. The summed E-state index contributed by atoms with van der Waals surface area (Å²) in [4.78, 5) is 2.02. The number of benzene rings is 3. The van der Waals surface area contributed by atoms with Crippen LogP contribution in [0.1, 0.15) is 57.7 Å². The van der Waals surface area contributed by atoms with Crippen LogP contribution in [0.15, 0.2) is 60.7 Å². The number of nitrogens with zero attached hydrogens (tertiary/aromatic N) is 3. The van der Waals surface area contributed by atoms with Gasteiger partial charge in [-0.15, -0.1) is 14.1 Å². The average molecular weight is 434 g/mol. The van der Waals surface area contributed by atoms with E-state index in [-0.39, 0.29) is 10.8 Å². The summed E-state index contributed by atoms with van der Waals surface area (Å²) in [5, 5.41) is 12.2. The zero-order chi connectivity index (χ0) is 22.1. The third-order valence-corrected chi connectivity index (χ3v) is 7.25. The number of fused-ring (bicyclic) bond motifs is 4. The highest BCUT2D eigenvalue weighted by Gasteiger charge is 2.34. The van der Waals surface area contributed by atoms with Gasteiger partial charge < -0.3 is 5.11 Å². The highest BCUT2D eigenvalue weighted by molar-refractivity contribution is 6.31. The molecule has 160 valence electrons. The van der Waals surface area contributed by atoms with Gasteiger partial charge >= 0.3 is 0 Å². The zero-order valence-electron chi connectivity index (χ0n) is 18.6. The monoisotopic (exact) mass is 433 g/mol. The summed E-state index contributed by atoms with van der Waals surface area (Å²) in [6.45, 7) is 11.1. The molecule has 31 heavy (non-hydrogen) atoms. The van der Waals surface area contributed by atoms with E-state index in [0.29, 0.717) is 10.8 Å². The van der Waals surface area contributed by atoms with Gasteiger partial charge in [0, 0.05) is 16.0 Å². The first-order valence-electron chi connectivity index (χ1n) is 10.8. The second kappa shape index (κ2) is 6.57. The van der Waals surface area contributed by atoms with Crippen molar-refractivity contribution >= 4 is 22.6 Å². The number of phenolic OH excluding ortho intramolecular Hbond substituents is 1. The smallest absolute Gasteiger partial charge is 0.147 e. The standard InChI is InChI=1S/C26H28ClN3O/c1-6-25(2,3)18-14-20(26(4,5)17-10-8-7-9-11-17)24(31)23(15-18)30-28-21-13-12-19(27)16-22(21)29(28)30/h7-16,31H,6H2,1-5H3. The van der Waals surface area contributed by atoms with Crippen LogP contribution in [0, 0.1) is 0 Å². The van der Waals surface area contributed by atoms with Crippen LogP contribution < -0.4 is 0 Å². The number of aromatic hydroxyl groups is 1. The Balaban J connectivity index is 1.76. The maximum absolute atomic E-state index is 11.5. The van der Waals surface area contributed by atoms with Crippen molar-refractivity contribution in [1.82, 2.24) is 14.1 Å². The van der Waals surface area contributed by atoms with E-state index < -0.39 is 0 Å². The molecule has 0 radical (unpaired) electrons. The van der Waals surface area contributed by atoms with Crippen LogP contribution in [0.3, 0.4) is 0 Å². The van der Waals surface area contributed by atoms with Gasteiger partial charge in [-0.3, -0.25) is 0 Å². The van der Waals surface area contributed by atoms with Crippen molar-refractivity contribution in [2.45, 2.75) is 51.9 Å². The molecule has 2 aromatic heterocycles. The van der Waals surface area contributed by atoms with Gasteiger partial charge in [-0.05, 0) is 47.2 Å². The lowest BCUT2D eigenvalue weighted by molar-refractivity contribution is 0.445. The van der Waals surface area contributed by atoms with Crippen LogP contribution in [-0.4, -0.2) is 19.2 Å². The van der Waals surface area contributed by atoms with Crippen LogP contribution in [0.2, 0.25) is 5.02 Å². The molecule has 0 unspecified atom stereocenters. The Morgan fingerprint density at radius 2 is 1.52 bits per heavy atom. The summed E-state index contributed by atoms with van der Waals surface area (Å²) in [5.41, 5.74) is 5.90. The average Bonchev–Trinajstić information content (AvgIpc) is 3.41. The minimum Gasteiger partial charge on any atom is -0.505 e. The second-order valence-corrected chi connectivity index (χ2v) is 10.1. The SMILES string of the molecule is CCC(C)(C)c1cc(-n2n3c4ccc(Cl)cc4n23)c(O)c(C(C)(C)c2ccccc2)c1. The summed E-state index contributed by atoms with van der Waals surface area (Å²) in [7, 11) is 0. The normalized spacial score (nSPS) is 13.1. The van der Waals surface area contributed by atoms with Crippen LogP contribution in [0.25, 0.3) is 16.7 Å². The number of halogens is 1. The molecule has 0 amide bonds. The van der Waals surface area contributed by atoms with E-state index in [1.54, 1.807) is 0 Å². The van der Waals surface area contributed by atoms with Gasteiger partial charge in [-0.2, -0.15) is 0 Å². The largest absolute Gasteiger partial charge is 0.505 e. The molecule has 0 fully saturated rings. The number of aromatic nitrogens is 3. The third kappa shape index (κ3) is 2.89. The molecule has 4 nitrogen and oxygen atoms in total. The summed E-state index contributed by atoms with van der Waals surface area (Å²) < 4.78 is 4.10.